The molecule has 0 radical (unpaired) electrons. The molecule has 21 heavy (non-hydrogen) atoms. The van der Waals surface area contributed by atoms with Gasteiger partial charge in [0.25, 0.3) is 0 Å². The molecule has 0 aliphatic rings. The fourth-order valence-corrected chi connectivity index (χ4v) is 2.50. The maximum absolute atomic E-state index is 8.83. The molecular weight excluding hydrogens is 322 g/mol. The van der Waals surface area contributed by atoms with Gasteiger partial charge in [-0.2, -0.15) is 5.26 Å². The van der Waals surface area contributed by atoms with E-state index in [1.165, 1.54) is 11.1 Å². The second kappa shape index (κ2) is 5.95. The molecule has 0 heterocycles. The molecule has 3 aromatic carbocycles. The van der Waals surface area contributed by atoms with Gasteiger partial charge in [-0.05, 0) is 46.5 Å². The topological polar surface area (TPSA) is 23.8 Å². The molecule has 0 fully saturated rings. The predicted octanol–water partition coefficient (Wildman–Crippen LogP) is 5.65. The maximum Gasteiger partial charge on any atom is 0.0991 e. The number of rotatable bonds is 2. The predicted molar refractivity (Wildman–Crippen MR) is 89.7 cm³/mol. The van der Waals surface area contributed by atoms with Crippen LogP contribution in [-0.2, 0) is 0 Å². The van der Waals surface area contributed by atoms with E-state index in [0.29, 0.717) is 5.56 Å². The van der Waals surface area contributed by atoms with Crippen molar-refractivity contribution in [3.05, 3.63) is 82.8 Å². The van der Waals surface area contributed by atoms with Crippen LogP contribution in [0.1, 0.15) is 5.56 Å². The second-order valence-electron chi connectivity index (χ2n) is 4.77. The Bertz CT molecular complexity index is 779. The zero-order valence-corrected chi connectivity index (χ0v) is 12.8. The van der Waals surface area contributed by atoms with Gasteiger partial charge in [0.05, 0.1) is 11.6 Å². The summed E-state index contributed by atoms with van der Waals surface area (Å²) >= 11 is 3.45. The average Bonchev–Trinajstić information content (AvgIpc) is 2.56. The van der Waals surface area contributed by atoms with E-state index in [0.717, 1.165) is 15.6 Å². The van der Waals surface area contributed by atoms with Crippen LogP contribution in [0.25, 0.3) is 22.3 Å². The van der Waals surface area contributed by atoms with Gasteiger partial charge < -0.3 is 0 Å². The Morgan fingerprint density at radius 3 is 1.29 bits per heavy atom. The first kappa shape index (κ1) is 13.6. The minimum Gasteiger partial charge on any atom is -0.192 e. The molecule has 0 N–H and O–H groups in total. The van der Waals surface area contributed by atoms with Gasteiger partial charge in [0.15, 0.2) is 0 Å². The third-order valence-electron chi connectivity index (χ3n) is 3.41. The summed E-state index contributed by atoms with van der Waals surface area (Å²) in [6, 6.07) is 26.5. The lowest BCUT2D eigenvalue weighted by Crippen LogP contribution is -1.81. The van der Waals surface area contributed by atoms with Crippen LogP contribution >= 0.6 is 15.9 Å². The number of nitriles is 1. The molecule has 0 saturated carbocycles. The highest BCUT2D eigenvalue weighted by molar-refractivity contribution is 9.10. The number of benzene rings is 3. The SMILES string of the molecule is N#Cc1ccc(-c2ccc(-c3ccc(Br)cc3)cc2)cc1. The minimum atomic E-state index is 0.685. The number of hydrogen-bond donors (Lipinski definition) is 0. The molecule has 100 valence electrons. The van der Waals surface area contributed by atoms with Crippen molar-refractivity contribution in [1.29, 1.82) is 5.26 Å². The van der Waals surface area contributed by atoms with Crippen LogP contribution in [0.5, 0.6) is 0 Å². The van der Waals surface area contributed by atoms with Gasteiger partial charge >= 0.3 is 0 Å². The standard InChI is InChI=1S/C19H12BrN/c20-19-11-9-18(10-12-19)17-7-5-16(6-8-17)15-3-1-14(13-21)2-4-15/h1-12H. The van der Waals surface area contributed by atoms with Gasteiger partial charge in [0.2, 0.25) is 0 Å². The monoisotopic (exact) mass is 333 g/mol. The van der Waals surface area contributed by atoms with Gasteiger partial charge in [0, 0.05) is 4.47 Å². The lowest BCUT2D eigenvalue weighted by atomic mass is 10.00. The molecule has 3 rings (SSSR count). The van der Waals surface area contributed by atoms with Crippen molar-refractivity contribution < 1.29 is 0 Å². The summed E-state index contributed by atoms with van der Waals surface area (Å²) in [5.41, 5.74) is 5.35. The molecule has 2 heteroatoms. The van der Waals surface area contributed by atoms with Gasteiger partial charge in [-0.25, -0.2) is 0 Å². The van der Waals surface area contributed by atoms with E-state index in [-0.39, 0.29) is 0 Å². The van der Waals surface area contributed by atoms with Gasteiger partial charge in [-0.3, -0.25) is 0 Å². The molecule has 0 aliphatic heterocycles. The third-order valence-corrected chi connectivity index (χ3v) is 3.94. The van der Waals surface area contributed by atoms with E-state index >= 15 is 0 Å². The molecule has 3 aromatic rings. The zero-order valence-electron chi connectivity index (χ0n) is 11.3. The van der Waals surface area contributed by atoms with Crippen molar-refractivity contribution in [1.82, 2.24) is 0 Å². The summed E-state index contributed by atoms with van der Waals surface area (Å²) in [6.07, 6.45) is 0. The Labute approximate surface area is 132 Å². The Hall–Kier alpha value is -2.37. The zero-order chi connectivity index (χ0) is 14.7. The maximum atomic E-state index is 8.83. The van der Waals surface area contributed by atoms with E-state index in [4.69, 9.17) is 5.26 Å². The van der Waals surface area contributed by atoms with E-state index < -0.39 is 0 Å². The number of halogens is 1. The Morgan fingerprint density at radius 1 is 0.571 bits per heavy atom. The van der Waals surface area contributed by atoms with Crippen molar-refractivity contribution in [3.8, 4) is 28.3 Å². The van der Waals surface area contributed by atoms with Crippen LogP contribution in [0.2, 0.25) is 0 Å². The Balaban J connectivity index is 1.89. The minimum absolute atomic E-state index is 0.685. The fourth-order valence-electron chi connectivity index (χ4n) is 2.23. The molecule has 0 aliphatic carbocycles. The molecule has 0 atom stereocenters. The molecule has 0 saturated heterocycles. The Kier molecular flexibility index (Phi) is 3.85. The van der Waals surface area contributed by atoms with E-state index in [2.05, 4.69) is 58.4 Å². The normalized spacial score (nSPS) is 10.1. The summed E-state index contributed by atoms with van der Waals surface area (Å²) in [6.45, 7) is 0. The van der Waals surface area contributed by atoms with Crippen LogP contribution in [0, 0.1) is 11.3 Å². The molecule has 0 amide bonds. The van der Waals surface area contributed by atoms with E-state index in [1.807, 2.05) is 36.4 Å². The Morgan fingerprint density at radius 2 is 0.905 bits per heavy atom. The first-order valence-electron chi connectivity index (χ1n) is 6.63. The molecule has 0 unspecified atom stereocenters. The van der Waals surface area contributed by atoms with Gasteiger partial charge in [0.1, 0.15) is 0 Å². The third kappa shape index (κ3) is 3.04. The quantitative estimate of drug-likeness (QED) is 0.594. The molecule has 1 nitrogen and oxygen atoms in total. The van der Waals surface area contributed by atoms with Crippen LogP contribution in [0.4, 0.5) is 0 Å². The molecule has 0 bridgehead atoms. The average molecular weight is 334 g/mol. The molecule has 0 aromatic heterocycles. The second-order valence-corrected chi connectivity index (χ2v) is 5.69. The summed E-state index contributed by atoms with van der Waals surface area (Å²) in [5, 5.41) is 8.83. The van der Waals surface area contributed by atoms with Crippen LogP contribution in [0.15, 0.2) is 77.3 Å². The summed E-state index contributed by atoms with van der Waals surface area (Å²) in [7, 11) is 0. The summed E-state index contributed by atoms with van der Waals surface area (Å²) < 4.78 is 1.08. The van der Waals surface area contributed by atoms with Crippen molar-refractivity contribution in [2.45, 2.75) is 0 Å². The number of hydrogen-bond acceptors (Lipinski definition) is 1. The highest BCUT2D eigenvalue weighted by Gasteiger charge is 2.01. The first-order valence-corrected chi connectivity index (χ1v) is 7.42. The first-order chi connectivity index (χ1) is 10.3. The van der Waals surface area contributed by atoms with Gasteiger partial charge in [-0.15, -0.1) is 0 Å². The highest BCUT2D eigenvalue weighted by Crippen LogP contribution is 2.26. The van der Waals surface area contributed by atoms with Gasteiger partial charge in [-0.1, -0.05) is 64.5 Å². The van der Waals surface area contributed by atoms with Crippen LogP contribution in [-0.4, -0.2) is 0 Å². The molecule has 0 spiro atoms. The highest BCUT2D eigenvalue weighted by atomic mass is 79.9. The lowest BCUT2D eigenvalue weighted by molar-refractivity contribution is 1.48. The van der Waals surface area contributed by atoms with E-state index in [1.54, 1.807) is 0 Å². The fraction of sp³-hybridized carbons (Fsp3) is 0. The van der Waals surface area contributed by atoms with Crippen molar-refractivity contribution in [3.63, 3.8) is 0 Å². The van der Waals surface area contributed by atoms with Crippen molar-refractivity contribution >= 4 is 15.9 Å². The van der Waals surface area contributed by atoms with Crippen molar-refractivity contribution in [2.24, 2.45) is 0 Å². The van der Waals surface area contributed by atoms with Crippen molar-refractivity contribution in [2.75, 3.05) is 0 Å². The van der Waals surface area contributed by atoms with Crippen LogP contribution in [0.3, 0.4) is 0 Å². The lowest BCUT2D eigenvalue weighted by Gasteiger charge is -2.05. The van der Waals surface area contributed by atoms with E-state index in [9.17, 15) is 0 Å². The summed E-state index contributed by atoms with van der Waals surface area (Å²) in [4.78, 5) is 0. The largest absolute Gasteiger partial charge is 0.192 e. The molecular formula is C19H12BrN. The smallest absolute Gasteiger partial charge is 0.0991 e. The van der Waals surface area contributed by atoms with Crippen LogP contribution < -0.4 is 0 Å². The number of nitrogens with zero attached hydrogens (tertiary/aromatic N) is 1. The summed E-state index contributed by atoms with van der Waals surface area (Å²) in [5.74, 6) is 0.